The number of aliphatic hydroxyl groups is 1. The molecule has 1 aromatic carbocycles. The van der Waals surface area contributed by atoms with Crippen molar-refractivity contribution in [3.63, 3.8) is 0 Å². The second-order valence-electron chi connectivity index (χ2n) is 7.30. The van der Waals surface area contributed by atoms with E-state index >= 15 is 0 Å². The number of hydrogen-bond acceptors (Lipinski definition) is 3. The van der Waals surface area contributed by atoms with Crippen LogP contribution >= 0.6 is 0 Å². The quantitative estimate of drug-likeness (QED) is 0.702. The average molecular weight is 347 g/mol. The van der Waals surface area contributed by atoms with Crippen LogP contribution in [-0.4, -0.2) is 46.3 Å². The van der Waals surface area contributed by atoms with E-state index in [2.05, 4.69) is 18.7 Å². The SMILES string of the molecule is CCN(CC)CC[C@@](C(=O)O)(c1ccccc1)C1(O)CCCCCC1. The van der Waals surface area contributed by atoms with Gasteiger partial charge in [0.1, 0.15) is 5.41 Å². The van der Waals surface area contributed by atoms with Crippen molar-refractivity contribution in [2.75, 3.05) is 19.6 Å². The van der Waals surface area contributed by atoms with Crippen molar-refractivity contribution < 1.29 is 15.0 Å². The number of carboxylic acids is 1. The van der Waals surface area contributed by atoms with Gasteiger partial charge >= 0.3 is 5.97 Å². The second kappa shape index (κ2) is 8.81. The lowest BCUT2D eigenvalue weighted by Crippen LogP contribution is -2.58. The summed E-state index contributed by atoms with van der Waals surface area (Å²) < 4.78 is 0. The number of rotatable bonds is 8. The number of nitrogens with zero attached hydrogens (tertiary/aromatic N) is 1. The summed E-state index contributed by atoms with van der Waals surface area (Å²) in [7, 11) is 0. The van der Waals surface area contributed by atoms with Gasteiger partial charge in [0.25, 0.3) is 0 Å². The maximum atomic E-state index is 12.6. The van der Waals surface area contributed by atoms with Crippen molar-refractivity contribution in [2.45, 2.75) is 69.8 Å². The molecule has 2 N–H and O–H groups in total. The minimum Gasteiger partial charge on any atom is -0.480 e. The summed E-state index contributed by atoms with van der Waals surface area (Å²) >= 11 is 0. The van der Waals surface area contributed by atoms with E-state index in [9.17, 15) is 15.0 Å². The lowest BCUT2D eigenvalue weighted by Gasteiger charge is -2.45. The monoisotopic (exact) mass is 347 g/mol. The number of aliphatic carboxylic acids is 1. The molecule has 0 bridgehead atoms. The highest BCUT2D eigenvalue weighted by atomic mass is 16.4. The molecule has 4 nitrogen and oxygen atoms in total. The van der Waals surface area contributed by atoms with Gasteiger partial charge in [0.2, 0.25) is 0 Å². The van der Waals surface area contributed by atoms with Crippen molar-refractivity contribution in [1.29, 1.82) is 0 Å². The van der Waals surface area contributed by atoms with Crippen LogP contribution in [0.3, 0.4) is 0 Å². The van der Waals surface area contributed by atoms with Gasteiger partial charge in [-0.05, 0) is 44.5 Å². The molecule has 140 valence electrons. The van der Waals surface area contributed by atoms with Crippen LogP contribution in [0.5, 0.6) is 0 Å². The van der Waals surface area contributed by atoms with Gasteiger partial charge in [0, 0.05) is 0 Å². The van der Waals surface area contributed by atoms with E-state index in [4.69, 9.17) is 0 Å². The standard InChI is InChI=1S/C21H33NO3/c1-3-22(4-2)17-16-21(19(23)24,18-12-8-7-9-13-18)20(25)14-10-5-6-11-15-20/h7-9,12-13,25H,3-6,10-11,14-17H2,1-2H3,(H,23,24)/t21-/m0/s1. The van der Waals surface area contributed by atoms with Gasteiger partial charge in [0.05, 0.1) is 5.60 Å². The van der Waals surface area contributed by atoms with E-state index in [-0.39, 0.29) is 0 Å². The molecule has 0 saturated heterocycles. The molecule has 4 heteroatoms. The normalized spacial score (nSPS) is 20.0. The predicted octanol–water partition coefficient (Wildman–Crippen LogP) is 3.83. The summed E-state index contributed by atoms with van der Waals surface area (Å²) in [6, 6.07) is 9.41. The van der Waals surface area contributed by atoms with Crippen LogP contribution in [-0.2, 0) is 10.2 Å². The molecular formula is C21H33NO3. The van der Waals surface area contributed by atoms with Gasteiger partial charge in [-0.2, -0.15) is 0 Å². The Morgan fingerprint density at radius 2 is 1.64 bits per heavy atom. The highest BCUT2D eigenvalue weighted by molar-refractivity contribution is 5.83. The van der Waals surface area contributed by atoms with Gasteiger partial charge in [-0.15, -0.1) is 0 Å². The van der Waals surface area contributed by atoms with E-state index in [0.717, 1.165) is 44.3 Å². The summed E-state index contributed by atoms with van der Waals surface area (Å²) in [5.41, 5.74) is -1.70. The first-order valence-electron chi connectivity index (χ1n) is 9.74. The molecule has 1 atom stereocenters. The van der Waals surface area contributed by atoms with Crippen LogP contribution in [0.2, 0.25) is 0 Å². The maximum Gasteiger partial charge on any atom is 0.317 e. The highest BCUT2D eigenvalue weighted by Gasteiger charge is 2.56. The lowest BCUT2D eigenvalue weighted by atomic mass is 9.62. The van der Waals surface area contributed by atoms with Crippen LogP contribution in [0.4, 0.5) is 0 Å². The molecular weight excluding hydrogens is 314 g/mol. The Morgan fingerprint density at radius 1 is 1.08 bits per heavy atom. The molecule has 2 rings (SSSR count). The lowest BCUT2D eigenvalue weighted by molar-refractivity contribution is -0.160. The zero-order valence-electron chi connectivity index (χ0n) is 15.7. The third kappa shape index (κ3) is 4.06. The Morgan fingerprint density at radius 3 is 2.12 bits per heavy atom. The highest BCUT2D eigenvalue weighted by Crippen LogP contribution is 2.46. The molecule has 0 aromatic heterocycles. The molecule has 0 heterocycles. The summed E-state index contributed by atoms with van der Waals surface area (Å²) in [6.45, 7) is 6.64. The molecule has 1 fully saturated rings. The van der Waals surface area contributed by atoms with E-state index < -0.39 is 17.0 Å². The molecule has 1 aliphatic carbocycles. The minimum absolute atomic E-state index is 0.435. The summed E-state index contributed by atoms with van der Waals surface area (Å²) in [5.74, 6) is -0.893. The molecule has 1 aromatic rings. The van der Waals surface area contributed by atoms with Crippen LogP contribution < -0.4 is 0 Å². The van der Waals surface area contributed by atoms with Gasteiger partial charge in [0.15, 0.2) is 0 Å². The van der Waals surface area contributed by atoms with Gasteiger partial charge in [-0.1, -0.05) is 69.9 Å². The largest absolute Gasteiger partial charge is 0.480 e. The van der Waals surface area contributed by atoms with Crippen LogP contribution in [0.1, 0.15) is 64.4 Å². The molecule has 0 radical (unpaired) electrons. The fourth-order valence-electron chi connectivity index (χ4n) is 4.40. The first-order chi connectivity index (χ1) is 12.0. The minimum atomic E-state index is -1.25. The number of benzene rings is 1. The zero-order chi connectivity index (χ0) is 18.3. The van der Waals surface area contributed by atoms with E-state index in [1.54, 1.807) is 0 Å². The molecule has 25 heavy (non-hydrogen) atoms. The smallest absolute Gasteiger partial charge is 0.317 e. The van der Waals surface area contributed by atoms with Crippen molar-refractivity contribution in [3.05, 3.63) is 35.9 Å². The zero-order valence-corrected chi connectivity index (χ0v) is 15.7. The molecule has 0 aliphatic heterocycles. The summed E-state index contributed by atoms with van der Waals surface area (Å²) in [5, 5.41) is 22.0. The van der Waals surface area contributed by atoms with Gasteiger partial charge < -0.3 is 15.1 Å². The predicted molar refractivity (Wildman–Crippen MR) is 101 cm³/mol. The van der Waals surface area contributed by atoms with Crippen molar-refractivity contribution in [2.24, 2.45) is 0 Å². The topological polar surface area (TPSA) is 60.8 Å². The Balaban J connectivity index is 2.49. The Hall–Kier alpha value is -1.39. The summed E-state index contributed by atoms with van der Waals surface area (Å²) in [4.78, 5) is 14.9. The first-order valence-corrected chi connectivity index (χ1v) is 9.74. The van der Waals surface area contributed by atoms with Crippen molar-refractivity contribution in [1.82, 2.24) is 4.90 Å². The van der Waals surface area contributed by atoms with Crippen LogP contribution in [0.25, 0.3) is 0 Å². The third-order valence-electron chi connectivity index (χ3n) is 6.05. The first kappa shape index (κ1) is 19.9. The fraction of sp³-hybridized carbons (Fsp3) is 0.667. The van der Waals surface area contributed by atoms with E-state index in [0.29, 0.717) is 25.8 Å². The Labute approximate surface area is 151 Å². The summed E-state index contributed by atoms with van der Waals surface area (Å²) in [6.07, 6.45) is 5.49. The number of carbonyl (C=O) groups is 1. The number of carboxylic acid groups (broad SMARTS) is 1. The van der Waals surface area contributed by atoms with E-state index in [1.165, 1.54) is 0 Å². The van der Waals surface area contributed by atoms with Crippen LogP contribution in [0, 0.1) is 0 Å². The van der Waals surface area contributed by atoms with Crippen molar-refractivity contribution in [3.8, 4) is 0 Å². The molecule has 1 aliphatic rings. The Kier molecular flexibility index (Phi) is 7.03. The molecule has 0 spiro atoms. The van der Waals surface area contributed by atoms with Gasteiger partial charge in [-0.25, -0.2) is 0 Å². The van der Waals surface area contributed by atoms with Crippen molar-refractivity contribution >= 4 is 5.97 Å². The van der Waals surface area contributed by atoms with Crippen LogP contribution in [0.15, 0.2) is 30.3 Å². The maximum absolute atomic E-state index is 12.6. The molecule has 1 saturated carbocycles. The van der Waals surface area contributed by atoms with E-state index in [1.807, 2.05) is 30.3 Å². The molecule has 0 unspecified atom stereocenters. The Bertz CT molecular complexity index is 533. The fourth-order valence-corrected chi connectivity index (χ4v) is 4.40. The molecule has 0 amide bonds. The average Bonchev–Trinajstić information content (AvgIpc) is 2.85. The third-order valence-corrected chi connectivity index (χ3v) is 6.05. The number of hydrogen-bond donors (Lipinski definition) is 2. The second-order valence-corrected chi connectivity index (χ2v) is 7.30. The van der Waals surface area contributed by atoms with Gasteiger partial charge in [-0.3, -0.25) is 4.79 Å².